The molecule has 20 heavy (non-hydrogen) atoms. The number of halogens is 1. The van der Waals surface area contributed by atoms with Crippen molar-refractivity contribution in [2.45, 2.75) is 32.2 Å². The van der Waals surface area contributed by atoms with Gasteiger partial charge < -0.3 is 9.67 Å². The van der Waals surface area contributed by atoms with Gasteiger partial charge in [-0.15, -0.1) is 0 Å². The number of hydrogen-bond donors (Lipinski definition) is 1. The summed E-state index contributed by atoms with van der Waals surface area (Å²) in [5.41, 5.74) is 2.90. The lowest BCUT2D eigenvalue weighted by atomic mass is 10.0. The molecule has 0 bridgehead atoms. The molecular formula is C15H15FN2O2. The first-order valence-electron chi connectivity index (χ1n) is 6.70. The van der Waals surface area contributed by atoms with Gasteiger partial charge in [0, 0.05) is 12.2 Å². The molecule has 4 nitrogen and oxygen atoms in total. The van der Waals surface area contributed by atoms with Crippen LogP contribution < -0.4 is 0 Å². The molecule has 0 radical (unpaired) electrons. The standard InChI is InChI=1S/C15H15FN2O2/c16-11-6-5-10(12(7-11)15(19)20)8-18-9-17-13-3-1-2-4-14(13)18/h5-7,9H,1-4,8H2,(H,19,20). The van der Waals surface area contributed by atoms with Gasteiger partial charge in [-0.1, -0.05) is 6.07 Å². The summed E-state index contributed by atoms with van der Waals surface area (Å²) in [5, 5.41) is 9.17. The van der Waals surface area contributed by atoms with Gasteiger partial charge in [-0.2, -0.15) is 0 Å². The molecule has 0 amide bonds. The molecule has 0 saturated carbocycles. The quantitative estimate of drug-likeness (QED) is 0.936. The van der Waals surface area contributed by atoms with Crippen LogP contribution in [0.5, 0.6) is 0 Å². The number of carboxylic acids is 1. The van der Waals surface area contributed by atoms with E-state index in [-0.39, 0.29) is 5.56 Å². The third kappa shape index (κ3) is 2.31. The van der Waals surface area contributed by atoms with Gasteiger partial charge in [-0.05, 0) is 43.4 Å². The number of benzene rings is 1. The van der Waals surface area contributed by atoms with Crippen LogP contribution in [0, 0.1) is 5.82 Å². The molecule has 0 unspecified atom stereocenters. The molecule has 0 aliphatic heterocycles. The van der Waals surface area contributed by atoms with Crippen LogP contribution in [-0.4, -0.2) is 20.6 Å². The second-order valence-corrected chi connectivity index (χ2v) is 5.08. The predicted octanol–water partition coefficient (Wildman–Crippen LogP) is 2.65. The topological polar surface area (TPSA) is 55.1 Å². The average molecular weight is 274 g/mol. The maximum Gasteiger partial charge on any atom is 0.336 e. The third-order valence-electron chi connectivity index (χ3n) is 3.75. The Morgan fingerprint density at radius 1 is 1.35 bits per heavy atom. The van der Waals surface area contributed by atoms with Crippen molar-refractivity contribution in [3.63, 3.8) is 0 Å². The molecule has 104 valence electrons. The summed E-state index contributed by atoms with van der Waals surface area (Å²) in [6.45, 7) is 0.421. The van der Waals surface area contributed by atoms with E-state index in [9.17, 15) is 9.18 Å². The molecule has 0 atom stereocenters. The van der Waals surface area contributed by atoms with Crippen molar-refractivity contribution in [3.05, 3.63) is 52.9 Å². The fourth-order valence-corrected chi connectivity index (χ4v) is 2.74. The van der Waals surface area contributed by atoms with Gasteiger partial charge in [-0.3, -0.25) is 0 Å². The Bertz CT molecular complexity index is 664. The second kappa shape index (κ2) is 5.07. The summed E-state index contributed by atoms with van der Waals surface area (Å²) in [7, 11) is 0. The molecule has 1 aliphatic rings. The van der Waals surface area contributed by atoms with Crippen LogP contribution in [0.25, 0.3) is 0 Å². The van der Waals surface area contributed by atoms with Crippen molar-refractivity contribution in [1.82, 2.24) is 9.55 Å². The van der Waals surface area contributed by atoms with Crippen LogP contribution >= 0.6 is 0 Å². The lowest BCUT2D eigenvalue weighted by molar-refractivity contribution is 0.0695. The van der Waals surface area contributed by atoms with Gasteiger partial charge >= 0.3 is 5.97 Å². The fourth-order valence-electron chi connectivity index (χ4n) is 2.74. The monoisotopic (exact) mass is 274 g/mol. The lowest BCUT2D eigenvalue weighted by Crippen LogP contribution is -2.11. The number of rotatable bonds is 3. The lowest BCUT2D eigenvalue weighted by Gasteiger charge is -2.15. The van der Waals surface area contributed by atoms with Crippen molar-refractivity contribution in [3.8, 4) is 0 Å². The fraction of sp³-hybridized carbons (Fsp3) is 0.333. The molecule has 0 saturated heterocycles. The van der Waals surface area contributed by atoms with Crippen molar-refractivity contribution in [1.29, 1.82) is 0 Å². The highest BCUT2D eigenvalue weighted by Gasteiger charge is 2.17. The Hall–Kier alpha value is -2.17. The number of carboxylic acid groups (broad SMARTS) is 1. The zero-order chi connectivity index (χ0) is 14.1. The average Bonchev–Trinajstić information content (AvgIpc) is 2.84. The van der Waals surface area contributed by atoms with E-state index in [4.69, 9.17) is 5.11 Å². The highest BCUT2D eigenvalue weighted by molar-refractivity contribution is 5.89. The van der Waals surface area contributed by atoms with E-state index in [1.165, 1.54) is 17.8 Å². The Morgan fingerprint density at radius 2 is 2.15 bits per heavy atom. The summed E-state index contributed by atoms with van der Waals surface area (Å²) in [4.78, 5) is 15.6. The molecule has 1 aliphatic carbocycles. The van der Waals surface area contributed by atoms with E-state index in [1.807, 2.05) is 4.57 Å². The molecule has 1 aromatic carbocycles. The van der Waals surface area contributed by atoms with Crippen LogP contribution in [0.3, 0.4) is 0 Å². The van der Waals surface area contributed by atoms with Crippen LogP contribution in [0.2, 0.25) is 0 Å². The minimum absolute atomic E-state index is 0.0169. The molecule has 5 heteroatoms. The largest absolute Gasteiger partial charge is 0.478 e. The van der Waals surface area contributed by atoms with Crippen LogP contribution in [0.1, 0.15) is 40.2 Å². The van der Waals surface area contributed by atoms with Gasteiger partial charge in [-0.25, -0.2) is 14.2 Å². The first-order chi connectivity index (χ1) is 9.65. The second-order valence-electron chi connectivity index (χ2n) is 5.08. The summed E-state index contributed by atoms with van der Waals surface area (Å²) in [6.07, 6.45) is 6.00. The van der Waals surface area contributed by atoms with Crippen LogP contribution in [-0.2, 0) is 19.4 Å². The van der Waals surface area contributed by atoms with E-state index in [0.29, 0.717) is 12.1 Å². The van der Waals surface area contributed by atoms with E-state index >= 15 is 0 Å². The molecule has 1 N–H and O–H groups in total. The number of imidazole rings is 1. The van der Waals surface area contributed by atoms with E-state index in [1.54, 1.807) is 6.33 Å². The highest BCUT2D eigenvalue weighted by Crippen LogP contribution is 2.22. The van der Waals surface area contributed by atoms with E-state index < -0.39 is 11.8 Å². The van der Waals surface area contributed by atoms with Gasteiger partial charge in [0.2, 0.25) is 0 Å². The van der Waals surface area contributed by atoms with Crippen molar-refractivity contribution >= 4 is 5.97 Å². The minimum atomic E-state index is -1.10. The number of nitrogens with zero attached hydrogens (tertiary/aromatic N) is 2. The SMILES string of the molecule is O=C(O)c1cc(F)ccc1Cn1cnc2c1CCCC2. The van der Waals surface area contributed by atoms with E-state index in [2.05, 4.69) is 4.98 Å². The first kappa shape index (κ1) is 12.8. The van der Waals surface area contributed by atoms with E-state index in [0.717, 1.165) is 37.4 Å². The van der Waals surface area contributed by atoms with Gasteiger partial charge in [0.1, 0.15) is 5.82 Å². The smallest absolute Gasteiger partial charge is 0.336 e. The number of aromatic carboxylic acids is 1. The van der Waals surface area contributed by atoms with Crippen LogP contribution in [0.15, 0.2) is 24.5 Å². The molecule has 0 spiro atoms. The Morgan fingerprint density at radius 3 is 2.95 bits per heavy atom. The van der Waals surface area contributed by atoms with Crippen molar-refractivity contribution in [2.75, 3.05) is 0 Å². The highest BCUT2D eigenvalue weighted by atomic mass is 19.1. The maximum atomic E-state index is 13.2. The zero-order valence-electron chi connectivity index (χ0n) is 11.0. The summed E-state index contributed by atoms with van der Waals surface area (Å²) in [5.74, 6) is -1.63. The van der Waals surface area contributed by atoms with Gasteiger partial charge in [0.25, 0.3) is 0 Å². The first-order valence-corrected chi connectivity index (χ1v) is 6.70. The maximum absolute atomic E-state index is 13.2. The number of aryl methyl sites for hydroxylation is 1. The zero-order valence-corrected chi connectivity index (χ0v) is 11.0. The molecule has 0 fully saturated rings. The Labute approximate surface area is 115 Å². The normalized spacial score (nSPS) is 14.1. The number of hydrogen-bond acceptors (Lipinski definition) is 2. The summed E-state index contributed by atoms with van der Waals surface area (Å²) >= 11 is 0. The molecule has 3 rings (SSSR count). The van der Waals surface area contributed by atoms with Crippen molar-refractivity contribution < 1.29 is 14.3 Å². The van der Waals surface area contributed by atoms with Gasteiger partial charge in [0.05, 0.1) is 17.6 Å². The number of carbonyl (C=O) groups is 1. The predicted molar refractivity (Wildman–Crippen MR) is 71.3 cm³/mol. The van der Waals surface area contributed by atoms with Gasteiger partial charge in [0.15, 0.2) is 0 Å². The van der Waals surface area contributed by atoms with Crippen LogP contribution in [0.4, 0.5) is 4.39 Å². The molecule has 1 heterocycles. The molecule has 2 aromatic rings. The third-order valence-corrected chi connectivity index (χ3v) is 3.75. The minimum Gasteiger partial charge on any atom is -0.478 e. The molecular weight excluding hydrogens is 259 g/mol. The Kier molecular flexibility index (Phi) is 3.26. The summed E-state index contributed by atoms with van der Waals surface area (Å²) in [6, 6.07) is 3.90. The van der Waals surface area contributed by atoms with Crippen molar-refractivity contribution in [2.24, 2.45) is 0 Å². The number of fused-ring (bicyclic) bond motifs is 1. The molecule has 1 aromatic heterocycles. The summed E-state index contributed by atoms with van der Waals surface area (Å²) < 4.78 is 15.2. The Balaban J connectivity index is 1.95. The number of aromatic nitrogens is 2.